The SMILES string of the molecule is CCOCCCNS(=O)(=O)c1ccc(OC)c(NC(=O)c2ccccc2C)c1. The molecule has 0 fully saturated rings. The molecule has 152 valence electrons. The quantitative estimate of drug-likeness (QED) is 0.592. The van der Waals surface area contributed by atoms with E-state index in [4.69, 9.17) is 9.47 Å². The number of carbonyl (C=O) groups excluding carboxylic acids is 1. The van der Waals surface area contributed by atoms with Crippen LogP contribution in [-0.2, 0) is 14.8 Å². The second kappa shape index (κ2) is 10.2. The summed E-state index contributed by atoms with van der Waals surface area (Å²) in [5.74, 6) is 0.0350. The number of hydrogen-bond acceptors (Lipinski definition) is 5. The Morgan fingerprint density at radius 3 is 2.57 bits per heavy atom. The van der Waals surface area contributed by atoms with Gasteiger partial charge in [0.1, 0.15) is 5.75 Å². The fraction of sp³-hybridized carbons (Fsp3) is 0.350. The largest absolute Gasteiger partial charge is 0.495 e. The van der Waals surface area contributed by atoms with Crippen LogP contribution >= 0.6 is 0 Å². The summed E-state index contributed by atoms with van der Waals surface area (Å²) >= 11 is 0. The van der Waals surface area contributed by atoms with Crippen molar-refractivity contribution in [1.82, 2.24) is 4.72 Å². The first-order valence-corrected chi connectivity index (χ1v) is 10.5. The van der Waals surface area contributed by atoms with Gasteiger partial charge in [0.05, 0.1) is 17.7 Å². The molecule has 0 radical (unpaired) electrons. The Morgan fingerprint density at radius 1 is 1.14 bits per heavy atom. The van der Waals surface area contributed by atoms with Gasteiger partial charge in [-0.25, -0.2) is 13.1 Å². The van der Waals surface area contributed by atoms with E-state index < -0.39 is 10.0 Å². The lowest BCUT2D eigenvalue weighted by Gasteiger charge is -2.14. The number of anilines is 1. The van der Waals surface area contributed by atoms with Crippen LogP contribution in [-0.4, -0.2) is 41.2 Å². The lowest BCUT2D eigenvalue weighted by molar-refractivity contribution is 0.102. The molecule has 0 aliphatic carbocycles. The fourth-order valence-corrected chi connectivity index (χ4v) is 3.68. The summed E-state index contributed by atoms with van der Waals surface area (Å²) in [6.45, 7) is 5.06. The van der Waals surface area contributed by atoms with Gasteiger partial charge in [-0.3, -0.25) is 4.79 Å². The Hall–Kier alpha value is -2.42. The van der Waals surface area contributed by atoms with E-state index >= 15 is 0 Å². The van der Waals surface area contributed by atoms with E-state index in [1.807, 2.05) is 26.0 Å². The summed E-state index contributed by atoms with van der Waals surface area (Å²) in [6.07, 6.45) is 0.570. The van der Waals surface area contributed by atoms with E-state index in [0.29, 0.717) is 30.9 Å². The highest BCUT2D eigenvalue weighted by atomic mass is 32.2. The van der Waals surface area contributed by atoms with Crippen molar-refractivity contribution in [3.63, 3.8) is 0 Å². The Kier molecular flexibility index (Phi) is 7.98. The highest BCUT2D eigenvalue weighted by Gasteiger charge is 2.18. The Labute approximate surface area is 166 Å². The molecule has 0 bridgehead atoms. The van der Waals surface area contributed by atoms with E-state index in [0.717, 1.165) is 5.56 Å². The zero-order chi connectivity index (χ0) is 20.6. The van der Waals surface area contributed by atoms with Crippen molar-refractivity contribution in [2.75, 3.05) is 32.2 Å². The molecular formula is C20H26N2O5S. The van der Waals surface area contributed by atoms with Crippen molar-refractivity contribution in [2.24, 2.45) is 0 Å². The standard InChI is InChI=1S/C20H26N2O5S/c1-4-27-13-7-12-21-28(24,25)16-10-11-19(26-3)18(14-16)22-20(23)17-9-6-5-8-15(17)2/h5-6,8-11,14,21H,4,7,12-13H2,1-3H3,(H,22,23). The van der Waals surface area contributed by atoms with Gasteiger partial charge < -0.3 is 14.8 Å². The first-order chi connectivity index (χ1) is 13.4. The number of rotatable bonds is 10. The lowest BCUT2D eigenvalue weighted by atomic mass is 10.1. The number of ether oxygens (including phenoxy) is 2. The average molecular weight is 407 g/mol. The maximum Gasteiger partial charge on any atom is 0.256 e. The average Bonchev–Trinajstić information content (AvgIpc) is 2.68. The Bertz CT molecular complexity index is 913. The Morgan fingerprint density at radius 2 is 1.89 bits per heavy atom. The number of methoxy groups -OCH3 is 1. The van der Waals surface area contributed by atoms with E-state index in [1.165, 1.54) is 25.3 Å². The molecule has 0 saturated heterocycles. The number of amides is 1. The molecule has 0 aliphatic rings. The Balaban J connectivity index is 2.19. The van der Waals surface area contributed by atoms with Gasteiger partial charge in [-0.2, -0.15) is 0 Å². The molecule has 8 heteroatoms. The van der Waals surface area contributed by atoms with E-state index in [2.05, 4.69) is 10.0 Å². The number of aryl methyl sites for hydroxylation is 1. The van der Waals surface area contributed by atoms with Crippen LogP contribution in [0.2, 0.25) is 0 Å². The van der Waals surface area contributed by atoms with Crippen LogP contribution in [0.5, 0.6) is 5.75 Å². The molecule has 2 aromatic carbocycles. The minimum atomic E-state index is -3.72. The molecule has 28 heavy (non-hydrogen) atoms. The van der Waals surface area contributed by atoms with Crippen molar-refractivity contribution in [3.8, 4) is 5.75 Å². The monoisotopic (exact) mass is 406 g/mol. The normalized spacial score (nSPS) is 11.2. The molecule has 0 saturated carbocycles. The van der Waals surface area contributed by atoms with Gasteiger partial charge in [0.15, 0.2) is 0 Å². The molecule has 1 amide bonds. The highest BCUT2D eigenvalue weighted by molar-refractivity contribution is 7.89. The second-order valence-electron chi connectivity index (χ2n) is 6.08. The topological polar surface area (TPSA) is 93.7 Å². The fourth-order valence-electron chi connectivity index (χ4n) is 2.58. The molecule has 0 spiro atoms. The van der Waals surface area contributed by atoms with Gasteiger partial charge in [0.25, 0.3) is 5.91 Å². The van der Waals surface area contributed by atoms with Gasteiger partial charge in [-0.15, -0.1) is 0 Å². The molecule has 2 aromatic rings. The maximum absolute atomic E-state index is 12.6. The van der Waals surface area contributed by atoms with Crippen molar-refractivity contribution >= 4 is 21.6 Å². The first kappa shape index (κ1) is 21.9. The van der Waals surface area contributed by atoms with Crippen LogP contribution in [0.3, 0.4) is 0 Å². The number of hydrogen-bond donors (Lipinski definition) is 2. The molecular weight excluding hydrogens is 380 g/mol. The third kappa shape index (κ3) is 5.79. The third-order valence-corrected chi connectivity index (χ3v) is 5.54. The molecule has 0 heterocycles. The number of nitrogens with one attached hydrogen (secondary N) is 2. The maximum atomic E-state index is 12.6. The minimum Gasteiger partial charge on any atom is -0.495 e. The number of carbonyl (C=O) groups is 1. The smallest absolute Gasteiger partial charge is 0.256 e. The van der Waals surface area contributed by atoms with Gasteiger partial charge >= 0.3 is 0 Å². The zero-order valence-electron chi connectivity index (χ0n) is 16.3. The van der Waals surface area contributed by atoms with Crippen molar-refractivity contribution in [2.45, 2.75) is 25.2 Å². The molecule has 0 atom stereocenters. The molecule has 0 aromatic heterocycles. The van der Waals surface area contributed by atoms with E-state index in [1.54, 1.807) is 12.1 Å². The van der Waals surface area contributed by atoms with E-state index in [-0.39, 0.29) is 23.0 Å². The van der Waals surface area contributed by atoms with Crippen molar-refractivity contribution in [1.29, 1.82) is 0 Å². The summed E-state index contributed by atoms with van der Waals surface area (Å²) < 4.78 is 38.0. The van der Waals surface area contributed by atoms with Crippen molar-refractivity contribution < 1.29 is 22.7 Å². The minimum absolute atomic E-state index is 0.0461. The van der Waals surface area contributed by atoms with Crippen LogP contribution in [0, 0.1) is 6.92 Å². The van der Waals surface area contributed by atoms with Gasteiger partial charge in [0, 0.05) is 25.3 Å². The summed E-state index contributed by atoms with van der Waals surface area (Å²) in [7, 11) is -2.26. The van der Waals surface area contributed by atoms with E-state index in [9.17, 15) is 13.2 Å². The molecule has 7 nitrogen and oxygen atoms in total. The summed E-state index contributed by atoms with van der Waals surface area (Å²) in [5.41, 5.74) is 1.61. The third-order valence-electron chi connectivity index (χ3n) is 4.08. The van der Waals surface area contributed by atoms with Gasteiger partial charge in [-0.1, -0.05) is 18.2 Å². The molecule has 0 unspecified atom stereocenters. The van der Waals surface area contributed by atoms with Crippen LogP contribution in [0.4, 0.5) is 5.69 Å². The van der Waals surface area contributed by atoms with Crippen LogP contribution in [0.15, 0.2) is 47.4 Å². The van der Waals surface area contributed by atoms with Crippen molar-refractivity contribution in [3.05, 3.63) is 53.6 Å². The molecule has 2 N–H and O–H groups in total. The van der Waals surface area contributed by atoms with Crippen LogP contribution < -0.4 is 14.8 Å². The lowest BCUT2D eigenvalue weighted by Crippen LogP contribution is -2.26. The molecule has 2 rings (SSSR count). The predicted octanol–water partition coefficient (Wildman–Crippen LogP) is 2.96. The predicted molar refractivity (Wildman–Crippen MR) is 108 cm³/mol. The summed E-state index contributed by atoms with van der Waals surface area (Å²) in [6, 6.07) is 11.5. The summed E-state index contributed by atoms with van der Waals surface area (Å²) in [5, 5.41) is 2.74. The number of sulfonamides is 1. The first-order valence-electron chi connectivity index (χ1n) is 9.01. The van der Waals surface area contributed by atoms with Gasteiger partial charge in [0.2, 0.25) is 10.0 Å². The molecule has 0 aliphatic heterocycles. The summed E-state index contributed by atoms with van der Waals surface area (Å²) in [4.78, 5) is 12.6. The second-order valence-corrected chi connectivity index (χ2v) is 7.85. The van der Waals surface area contributed by atoms with Crippen LogP contribution in [0.1, 0.15) is 29.3 Å². The highest BCUT2D eigenvalue weighted by Crippen LogP contribution is 2.28. The van der Waals surface area contributed by atoms with Crippen LogP contribution in [0.25, 0.3) is 0 Å². The number of benzene rings is 2. The zero-order valence-corrected chi connectivity index (χ0v) is 17.1. The van der Waals surface area contributed by atoms with Gasteiger partial charge in [-0.05, 0) is 50.1 Å².